The minimum Gasteiger partial charge on any atom is -0.507 e. The van der Waals surface area contributed by atoms with Gasteiger partial charge in [0.1, 0.15) is 23.2 Å². The summed E-state index contributed by atoms with van der Waals surface area (Å²) in [5.41, 5.74) is 14.5. The van der Waals surface area contributed by atoms with Crippen LogP contribution in [0.3, 0.4) is 0 Å². The fourth-order valence-electron chi connectivity index (χ4n) is 3.84. The van der Waals surface area contributed by atoms with Gasteiger partial charge in [0.05, 0.1) is 16.6 Å². The van der Waals surface area contributed by atoms with Crippen LogP contribution in [0.1, 0.15) is 11.1 Å². The van der Waals surface area contributed by atoms with E-state index in [2.05, 4.69) is 35.9 Å². The lowest BCUT2D eigenvalue weighted by Gasteiger charge is -2.14. The molecule has 10 N–H and O–H groups in total. The Morgan fingerprint density at radius 3 is 2.56 bits per heavy atom. The van der Waals surface area contributed by atoms with Gasteiger partial charge in [0.15, 0.2) is 0 Å². The van der Waals surface area contributed by atoms with Gasteiger partial charge >= 0.3 is 6.03 Å². The number of nitrogens with one attached hydrogen (secondary N) is 4. The minimum absolute atomic E-state index is 0.0848. The molecule has 2 amide bonds. The summed E-state index contributed by atoms with van der Waals surface area (Å²) >= 11 is 0. The number of aromatic hydroxyl groups is 2. The van der Waals surface area contributed by atoms with E-state index in [1.54, 1.807) is 42.5 Å². The molecule has 0 saturated carbocycles. The zero-order chi connectivity index (χ0) is 25.4. The molecule has 36 heavy (non-hydrogen) atoms. The normalized spacial score (nSPS) is 11.0. The zero-order valence-corrected chi connectivity index (χ0v) is 18.6. The van der Waals surface area contributed by atoms with Crippen molar-refractivity contribution in [2.75, 3.05) is 0 Å². The molecule has 2 heterocycles. The van der Waals surface area contributed by atoms with E-state index in [4.69, 9.17) is 16.9 Å². The molecule has 2 aromatic heterocycles. The van der Waals surface area contributed by atoms with Crippen LogP contribution in [0.25, 0.3) is 44.9 Å². The Morgan fingerprint density at radius 1 is 1.03 bits per heavy atom. The molecule has 0 spiro atoms. The maximum absolute atomic E-state index is 11.3. The molecule has 5 aromatic rings. The van der Waals surface area contributed by atoms with E-state index < -0.39 is 6.03 Å². The van der Waals surface area contributed by atoms with Crippen LogP contribution in [0.4, 0.5) is 4.79 Å². The van der Waals surface area contributed by atoms with Crippen molar-refractivity contribution in [3.8, 4) is 45.4 Å². The highest BCUT2D eigenvalue weighted by Gasteiger charge is 2.21. The number of phenols is 2. The number of fused-ring (bicyclic) bond motifs is 1. The smallest absolute Gasteiger partial charge is 0.312 e. The number of carbonyl (C=O) groups excluding carboxylic acids is 1. The first-order valence-corrected chi connectivity index (χ1v) is 10.6. The molecule has 0 fully saturated rings. The summed E-state index contributed by atoms with van der Waals surface area (Å²) in [5.74, 6) is 0.251. The van der Waals surface area contributed by atoms with Gasteiger partial charge in [-0.05, 0) is 53.2 Å². The number of amidine groups is 1. The fourth-order valence-corrected chi connectivity index (χ4v) is 3.84. The van der Waals surface area contributed by atoms with Gasteiger partial charge in [-0.1, -0.05) is 6.07 Å². The van der Waals surface area contributed by atoms with E-state index in [0.29, 0.717) is 44.7 Å². The molecule has 0 aliphatic rings. The third-order valence-corrected chi connectivity index (χ3v) is 5.58. The SMILES string of the molecule is N=C(N)c1ccc2nc(-c3cc(-c4nn[nH]n4)cc(-c4cc(CNC(N)=O)ccc4O)c3O)[nH]c2c1. The zero-order valence-electron chi connectivity index (χ0n) is 18.6. The number of nitrogens with two attached hydrogens (primary N) is 2. The van der Waals surface area contributed by atoms with E-state index in [0.717, 1.165) is 0 Å². The van der Waals surface area contributed by atoms with E-state index in [-0.39, 0.29) is 35.3 Å². The summed E-state index contributed by atoms with van der Waals surface area (Å²) in [6.45, 7) is 0.128. The summed E-state index contributed by atoms with van der Waals surface area (Å²) in [4.78, 5) is 18.8. The fraction of sp³-hybridized carbons (Fsp3) is 0.0435. The lowest BCUT2D eigenvalue weighted by Crippen LogP contribution is -2.28. The maximum Gasteiger partial charge on any atom is 0.312 e. The third kappa shape index (κ3) is 4.11. The van der Waals surface area contributed by atoms with Gasteiger partial charge in [0.25, 0.3) is 0 Å². The number of carbonyl (C=O) groups is 1. The Labute approximate surface area is 202 Å². The molecular formula is C23H20N10O3. The average molecular weight is 484 g/mol. The van der Waals surface area contributed by atoms with Crippen molar-refractivity contribution in [3.05, 3.63) is 59.7 Å². The van der Waals surface area contributed by atoms with Crippen molar-refractivity contribution in [1.82, 2.24) is 35.9 Å². The van der Waals surface area contributed by atoms with Gasteiger partial charge in [0.2, 0.25) is 5.82 Å². The molecule has 0 aliphatic heterocycles. The van der Waals surface area contributed by atoms with Crippen molar-refractivity contribution in [2.24, 2.45) is 11.5 Å². The molecule has 3 aromatic carbocycles. The number of tetrazole rings is 1. The third-order valence-electron chi connectivity index (χ3n) is 5.58. The molecule has 0 unspecified atom stereocenters. The number of urea groups is 1. The average Bonchev–Trinajstić information content (AvgIpc) is 3.53. The summed E-state index contributed by atoms with van der Waals surface area (Å²) in [7, 11) is 0. The van der Waals surface area contributed by atoms with Crippen LogP contribution in [0, 0.1) is 5.41 Å². The van der Waals surface area contributed by atoms with Crippen molar-refractivity contribution >= 4 is 22.9 Å². The number of benzene rings is 3. The molecule has 0 radical (unpaired) electrons. The molecule has 13 heteroatoms. The van der Waals surface area contributed by atoms with Gasteiger partial charge in [0, 0.05) is 28.8 Å². The first-order valence-electron chi connectivity index (χ1n) is 10.6. The highest BCUT2D eigenvalue weighted by atomic mass is 16.3. The number of aromatic nitrogens is 6. The summed E-state index contributed by atoms with van der Waals surface area (Å²) < 4.78 is 0. The van der Waals surface area contributed by atoms with Crippen LogP contribution in [0.15, 0.2) is 48.5 Å². The summed E-state index contributed by atoms with van der Waals surface area (Å²) in [6, 6.07) is 12.4. The lowest BCUT2D eigenvalue weighted by molar-refractivity contribution is 0.248. The molecular weight excluding hydrogens is 464 g/mol. The number of hydrogen-bond acceptors (Lipinski definition) is 8. The van der Waals surface area contributed by atoms with Gasteiger partial charge in [-0.25, -0.2) is 9.78 Å². The quantitative estimate of drug-likeness (QED) is 0.131. The monoisotopic (exact) mass is 484 g/mol. The second-order valence-electron chi connectivity index (χ2n) is 7.96. The number of primary amides is 1. The Kier molecular flexibility index (Phi) is 5.41. The molecule has 0 bridgehead atoms. The van der Waals surface area contributed by atoms with Crippen LogP contribution in [0.5, 0.6) is 11.5 Å². The van der Waals surface area contributed by atoms with Crippen LogP contribution in [-0.2, 0) is 6.54 Å². The number of nitrogens with zero attached hydrogens (tertiary/aromatic N) is 4. The van der Waals surface area contributed by atoms with Gasteiger partial charge < -0.3 is 32.0 Å². The minimum atomic E-state index is -0.688. The van der Waals surface area contributed by atoms with Crippen molar-refractivity contribution in [1.29, 1.82) is 5.41 Å². The first kappa shape index (κ1) is 22.3. The molecule has 0 aliphatic carbocycles. The Balaban J connectivity index is 1.70. The number of hydrogen-bond donors (Lipinski definition) is 8. The maximum atomic E-state index is 11.3. The second-order valence-corrected chi connectivity index (χ2v) is 7.96. The standard InChI is InChI=1S/C23H20N10O3/c24-20(25)11-2-3-16-17(8-11)29-22(28-16)15-7-12(21-30-32-33-31-21)6-14(19(15)35)13-5-10(1-4-18(13)34)9-27-23(26)36/h1-8,34-35H,9H2,(H3,24,25)(H,28,29)(H3,26,27,36)(H,30,31,32,33). The number of aromatic amines is 2. The Morgan fingerprint density at radius 2 is 1.83 bits per heavy atom. The molecule has 5 rings (SSSR count). The molecule has 0 atom stereocenters. The predicted molar refractivity (Wildman–Crippen MR) is 131 cm³/mol. The lowest BCUT2D eigenvalue weighted by atomic mass is 9.95. The van der Waals surface area contributed by atoms with Gasteiger partial charge in [-0.2, -0.15) is 5.21 Å². The van der Waals surface area contributed by atoms with Gasteiger partial charge in [-0.15, -0.1) is 10.2 Å². The van der Waals surface area contributed by atoms with Crippen LogP contribution in [0.2, 0.25) is 0 Å². The highest BCUT2D eigenvalue weighted by Crippen LogP contribution is 2.43. The van der Waals surface area contributed by atoms with E-state index >= 15 is 0 Å². The largest absolute Gasteiger partial charge is 0.507 e. The first-order chi connectivity index (χ1) is 17.3. The van der Waals surface area contributed by atoms with Gasteiger partial charge in [-0.3, -0.25) is 5.41 Å². The number of nitrogen functional groups attached to an aromatic ring is 1. The Hall–Kier alpha value is -5.46. The van der Waals surface area contributed by atoms with Crippen molar-refractivity contribution in [3.63, 3.8) is 0 Å². The second kappa shape index (κ2) is 8.72. The van der Waals surface area contributed by atoms with Crippen LogP contribution in [-0.4, -0.2) is 52.7 Å². The van der Waals surface area contributed by atoms with E-state index in [1.165, 1.54) is 6.07 Å². The summed E-state index contributed by atoms with van der Waals surface area (Å²) in [6.07, 6.45) is 0. The van der Waals surface area contributed by atoms with Crippen molar-refractivity contribution in [2.45, 2.75) is 6.54 Å². The predicted octanol–water partition coefficient (Wildman–Crippen LogP) is 1.94. The Bertz CT molecular complexity index is 1630. The molecule has 13 nitrogen and oxygen atoms in total. The topological polar surface area (TPSA) is 229 Å². The number of phenolic OH excluding ortho intramolecular Hbond substituents is 2. The number of amides is 2. The highest BCUT2D eigenvalue weighted by molar-refractivity contribution is 5.98. The molecule has 0 saturated heterocycles. The number of imidazole rings is 1. The van der Waals surface area contributed by atoms with Crippen molar-refractivity contribution < 1.29 is 15.0 Å². The molecule has 180 valence electrons. The van der Waals surface area contributed by atoms with Crippen LogP contribution < -0.4 is 16.8 Å². The summed E-state index contributed by atoms with van der Waals surface area (Å²) in [5, 5.41) is 46.2. The number of H-pyrrole nitrogens is 2. The van der Waals surface area contributed by atoms with Crippen LogP contribution >= 0.6 is 0 Å². The number of rotatable bonds is 6. The van der Waals surface area contributed by atoms with E-state index in [9.17, 15) is 15.0 Å². The van der Waals surface area contributed by atoms with E-state index in [1.807, 2.05) is 0 Å².